The van der Waals surface area contributed by atoms with Crippen LogP contribution >= 0.6 is 11.8 Å². The van der Waals surface area contributed by atoms with Crippen molar-refractivity contribution < 1.29 is 4.74 Å². The molecule has 0 aliphatic carbocycles. The van der Waals surface area contributed by atoms with Crippen LogP contribution in [0.15, 0.2) is 88.8 Å². The molecule has 0 amide bonds. The fourth-order valence-corrected chi connectivity index (χ4v) is 4.40. The van der Waals surface area contributed by atoms with Gasteiger partial charge in [0.25, 0.3) is 0 Å². The standard InChI is InChI=1S/C28H25N3OS/c1-19-5-15-24(16-6-19)33-28-26(18-29)25(20-7-11-22(12-8-20)31(2)3)17-27(30-28)21-9-13-23(32-4)14-10-21/h5-17H,1-4H3. The first kappa shape index (κ1) is 22.4. The SMILES string of the molecule is COc1ccc(-c2cc(-c3ccc(N(C)C)cc3)c(C#N)c(Sc3ccc(C)cc3)n2)cc1. The molecule has 4 nitrogen and oxygen atoms in total. The van der Waals surface area contributed by atoms with E-state index in [1.165, 1.54) is 17.3 Å². The van der Waals surface area contributed by atoms with E-state index in [2.05, 4.69) is 66.4 Å². The van der Waals surface area contributed by atoms with Gasteiger partial charge in [-0.3, -0.25) is 0 Å². The number of aromatic nitrogens is 1. The molecule has 1 aromatic heterocycles. The normalized spacial score (nSPS) is 10.5. The Balaban J connectivity index is 1.87. The third-order valence-electron chi connectivity index (χ3n) is 5.41. The Kier molecular flexibility index (Phi) is 6.67. The summed E-state index contributed by atoms with van der Waals surface area (Å²) in [6.07, 6.45) is 0. The Bertz CT molecular complexity index is 1290. The minimum atomic E-state index is 0.579. The van der Waals surface area contributed by atoms with Crippen molar-refractivity contribution in [1.29, 1.82) is 5.26 Å². The quantitative estimate of drug-likeness (QED) is 0.322. The van der Waals surface area contributed by atoms with Gasteiger partial charge in [0.2, 0.25) is 0 Å². The minimum absolute atomic E-state index is 0.579. The maximum Gasteiger partial charge on any atom is 0.120 e. The average molecular weight is 452 g/mol. The van der Waals surface area contributed by atoms with E-state index in [1.54, 1.807) is 7.11 Å². The predicted octanol–water partition coefficient (Wildman–Crippen LogP) is 6.82. The number of benzene rings is 3. The van der Waals surface area contributed by atoms with Gasteiger partial charge in [0.15, 0.2) is 0 Å². The molecule has 164 valence electrons. The molecule has 3 aromatic carbocycles. The molecule has 0 N–H and O–H groups in total. The number of anilines is 1. The fraction of sp³-hybridized carbons (Fsp3) is 0.143. The smallest absolute Gasteiger partial charge is 0.120 e. The molecule has 0 aliphatic heterocycles. The first-order chi connectivity index (χ1) is 16.0. The van der Waals surface area contributed by atoms with Crippen LogP contribution in [-0.2, 0) is 0 Å². The van der Waals surface area contributed by atoms with Crippen LogP contribution in [0.25, 0.3) is 22.4 Å². The minimum Gasteiger partial charge on any atom is -0.497 e. The molecular weight excluding hydrogens is 426 g/mol. The summed E-state index contributed by atoms with van der Waals surface area (Å²) in [5, 5.41) is 10.8. The molecule has 1 heterocycles. The van der Waals surface area contributed by atoms with Crippen LogP contribution in [0.3, 0.4) is 0 Å². The Morgan fingerprint density at radius 1 is 0.879 bits per heavy atom. The van der Waals surface area contributed by atoms with E-state index >= 15 is 0 Å². The van der Waals surface area contributed by atoms with Crippen molar-refractivity contribution in [2.75, 3.05) is 26.1 Å². The second-order valence-electron chi connectivity index (χ2n) is 7.93. The lowest BCUT2D eigenvalue weighted by Gasteiger charge is -2.15. The molecular formula is C28H25N3OS. The number of rotatable bonds is 6. The van der Waals surface area contributed by atoms with Crippen molar-refractivity contribution in [3.8, 4) is 34.2 Å². The van der Waals surface area contributed by atoms with Gasteiger partial charge < -0.3 is 9.64 Å². The van der Waals surface area contributed by atoms with Crippen LogP contribution in [0.1, 0.15) is 11.1 Å². The number of methoxy groups -OCH3 is 1. The Hall–Kier alpha value is -3.75. The molecule has 0 unspecified atom stereocenters. The van der Waals surface area contributed by atoms with E-state index in [1.807, 2.05) is 44.4 Å². The zero-order valence-corrected chi connectivity index (χ0v) is 20.0. The predicted molar refractivity (Wildman–Crippen MR) is 136 cm³/mol. The lowest BCUT2D eigenvalue weighted by Crippen LogP contribution is -2.08. The van der Waals surface area contributed by atoms with Crippen LogP contribution in [0.4, 0.5) is 5.69 Å². The number of aryl methyl sites for hydroxylation is 1. The van der Waals surface area contributed by atoms with Crippen LogP contribution in [-0.4, -0.2) is 26.2 Å². The highest BCUT2D eigenvalue weighted by Gasteiger charge is 2.17. The lowest BCUT2D eigenvalue weighted by molar-refractivity contribution is 0.415. The molecule has 5 heteroatoms. The Morgan fingerprint density at radius 2 is 1.52 bits per heavy atom. The molecule has 0 spiro atoms. The van der Waals surface area contributed by atoms with Crippen molar-refractivity contribution in [2.45, 2.75) is 16.8 Å². The van der Waals surface area contributed by atoms with Gasteiger partial charge in [0.05, 0.1) is 18.4 Å². The topological polar surface area (TPSA) is 49.1 Å². The number of nitriles is 1. The lowest BCUT2D eigenvalue weighted by atomic mass is 9.99. The average Bonchev–Trinajstić information content (AvgIpc) is 2.85. The van der Waals surface area contributed by atoms with E-state index in [-0.39, 0.29) is 0 Å². The summed E-state index contributed by atoms with van der Waals surface area (Å²) in [6.45, 7) is 2.06. The molecule has 0 atom stereocenters. The monoisotopic (exact) mass is 451 g/mol. The molecule has 4 aromatic rings. The molecule has 0 saturated heterocycles. The van der Waals surface area contributed by atoms with Gasteiger partial charge in [-0.05, 0) is 67.1 Å². The van der Waals surface area contributed by atoms with Gasteiger partial charge >= 0.3 is 0 Å². The second kappa shape index (κ2) is 9.81. The molecule has 0 radical (unpaired) electrons. The van der Waals surface area contributed by atoms with E-state index in [0.29, 0.717) is 10.6 Å². The second-order valence-corrected chi connectivity index (χ2v) is 8.99. The third-order valence-corrected chi connectivity index (χ3v) is 6.41. The van der Waals surface area contributed by atoms with Gasteiger partial charge in [-0.25, -0.2) is 4.98 Å². The summed E-state index contributed by atoms with van der Waals surface area (Å²) in [6, 6.07) is 28.8. The number of pyridine rings is 1. The molecule has 0 bridgehead atoms. The molecule has 0 fully saturated rings. The zero-order valence-electron chi connectivity index (χ0n) is 19.2. The van der Waals surface area contributed by atoms with Crippen LogP contribution in [0.2, 0.25) is 0 Å². The Labute approximate surface area is 199 Å². The van der Waals surface area contributed by atoms with E-state index in [9.17, 15) is 5.26 Å². The van der Waals surface area contributed by atoms with Crippen molar-refractivity contribution in [1.82, 2.24) is 4.98 Å². The first-order valence-electron chi connectivity index (χ1n) is 10.6. The first-order valence-corrected chi connectivity index (χ1v) is 11.4. The van der Waals surface area contributed by atoms with Gasteiger partial charge in [-0.2, -0.15) is 5.26 Å². The number of hydrogen-bond donors (Lipinski definition) is 0. The molecule has 0 aliphatic rings. The van der Waals surface area contributed by atoms with E-state index in [0.717, 1.165) is 38.7 Å². The maximum atomic E-state index is 10.1. The van der Waals surface area contributed by atoms with Crippen LogP contribution in [0, 0.1) is 18.3 Å². The Morgan fingerprint density at radius 3 is 2.09 bits per heavy atom. The van der Waals surface area contributed by atoms with Crippen molar-refractivity contribution in [3.63, 3.8) is 0 Å². The highest BCUT2D eigenvalue weighted by Crippen LogP contribution is 2.37. The largest absolute Gasteiger partial charge is 0.497 e. The number of hydrogen-bond acceptors (Lipinski definition) is 5. The highest BCUT2D eigenvalue weighted by molar-refractivity contribution is 7.99. The summed E-state index contributed by atoms with van der Waals surface area (Å²) in [5.41, 5.74) is 6.53. The van der Waals surface area contributed by atoms with Crippen molar-refractivity contribution in [3.05, 3.63) is 90.0 Å². The summed E-state index contributed by atoms with van der Waals surface area (Å²) >= 11 is 1.51. The molecule has 0 saturated carbocycles. The third kappa shape index (κ3) is 5.02. The summed E-state index contributed by atoms with van der Waals surface area (Å²) in [7, 11) is 5.68. The molecule has 4 rings (SSSR count). The van der Waals surface area contributed by atoms with E-state index in [4.69, 9.17) is 9.72 Å². The fourth-order valence-electron chi connectivity index (χ4n) is 3.50. The van der Waals surface area contributed by atoms with Gasteiger partial charge in [0, 0.05) is 35.8 Å². The summed E-state index contributed by atoms with van der Waals surface area (Å²) < 4.78 is 5.31. The highest BCUT2D eigenvalue weighted by atomic mass is 32.2. The zero-order chi connectivity index (χ0) is 23.4. The molecule has 33 heavy (non-hydrogen) atoms. The van der Waals surface area contributed by atoms with Crippen LogP contribution in [0.5, 0.6) is 5.75 Å². The van der Waals surface area contributed by atoms with Crippen molar-refractivity contribution in [2.24, 2.45) is 0 Å². The van der Waals surface area contributed by atoms with Crippen molar-refractivity contribution >= 4 is 17.4 Å². The summed E-state index contributed by atoms with van der Waals surface area (Å²) in [4.78, 5) is 8.02. The maximum absolute atomic E-state index is 10.1. The van der Waals surface area contributed by atoms with E-state index < -0.39 is 0 Å². The van der Waals surface area contributed by atoms with Crippen LogP contribution < -0.4 is 9.64 Å². The van der Waals surface area contributed by atoms with Gasteiger partial charge in [-0.15, -0.1) is 0 Å². The van der Waals surface area contributed by atoms with Gasteiger partial charge in [0.1, 0.15) is 16.8 Å². The number of nitrogens with zero attached hydrogens (tertiary/aromatic N) is 3. The van der Waals surface area contributed by atoms with Gasteiger partial charge in [-0.1, -0.05) is 41.6 Å². The summed E-state index contributed by atoms with van der Waals surface area (Å²) in [5.74, 6) is 0.793. The number of ether oxygens (including phenoxy) is 1.